The first-order chi connectivity index (χ1) is 19.5. The first-order valence-electron chi connectivity index (χ1n) is 14.0. The van der Waals surface area contributed by atoms with E-state index in [9.17, 15) is 5.11 Å². The van der Waals surface area contributed by atoms with Gasteiger partial charge in [0.2, 0.25) is 0 Å². The van der Waals surface area contributed by atoms with E-state index < -0.39 is 11.9 Å². The molecule has 0 aromatic heterocycles. The predicted octanol–water partition coefficient (Wildman–Crippen LogP) is 6.74. The summed E-state index contributed by atoms with van der Waals surface area (Å²) < 4.78 is 26.1. The average Bonchev–Trinajstić information content (AvgIpc) is 3.33. The monoisotopic (exact) mass is 536 g/mol. The van der Waals surface area contributed by atoms with Crippen LogP contribution in [0.5, 0.6) is 0 Å². The normalized spacial score (nSPS) is 24.6. The molecule has 1 spiro atoms. The third-order valence-electron chi connectivity index (χ3n) is 7.98. The molecule has 4 aromatic carbocycles. The van der Waals surface area contributed by atoms with Crippen LogP contribution < -0.4 is 0 Å². The van der Waals surface area contributed by atoms with Crippen molar-refractivity contribution >= 4 is 0 Å². The molecule has 40 heavy (non-hydrogen) atoms. The van der Waals surface area contributed by atoms with E-state index in [0.29, 0.717) is 26.2 Å². The highest BCUT2D eigenvalue weighted by atomic mass is 16.7. The van der Waals surface area contributed by atoms with Gasteiger partial charge >= 0.3 is 0 Å². The molecule has 206 valence electrons. The van der Waals surface area contributed by atoms with Crippen LogP contribution in [0.2, 0.25) is 0 Å². The Labute approximate surface area is 236 Å². The maximum absolute atomic E-state index is 11.2. The van der Waals surface area contributed by atoms with Crippen molar-refractivity contribution in [1.82, 2.24) is 0 Å². The zero-order valence-electron chi connectivity index (χ0n) is 23.0. The lowest BCUT2D eigenvalue weighted by Crippen LogP contribution is -2.54. The highest BCUT2D eigenvalue weighted by Gasteiger charge is 2.52. The van der Waals surface area contributed by atoms with Gasteiger partial charge in [-0.1, -0.05) is 103 Å². The maximum atomic E-state index is 11.2. The summed E-state index contributed by atoms with van der Waals surface area (Å²) in [6, 6.07) is 34.4. The first-order valence-corrected chi connectivity index (χ1v) is 14.0. The van der Waals surface area contributed by atoms with E-state index in [1.807, 2.05) is 92.7 Å². The van der Waals surface area contributed by atoms with Crippen LogP contribution in [0.15, 0.2) is 103 Å². The van der Waals surface area contributed by atoms with Crippen LogP contribution in [0.4, 0.5) is 0 Å². The van der Waals surface area contributed by atoms with Crippen molar-refractivity contribution in [3.8, 4) is 0 Å². The van der Waals surface area contributed by atoms with Crippen molar-refractivity contribution in [2.45, 2.75) is 70.3 Å². The fourth-order valence-corrected chi connectivity index (χ4v) is 5.76. The van der Waals surface area contributed by atoms with Gasteiger partial charge in [0.15, 0.2) is 5.79 Å². The quantitative estimate of drug-likeness (QED) is 0.270. The third-order valence-corrected chi connectivity index (χ3v) is 7.98. The Bertz CT molecular complexity index is 1410. The number of fused-ring (bicyclic) bond motifs is 2. The van der Waals surface area contributed by atoms with Gasteiger partial charge in [-0.3, -0.25) is 0 Å². The molecule has 4 aromatic rings. The Morgan fingerprint density at radius 3 is 2.12 bits per heavy atom. The Balaban J connectivity index is 1.27. The standard InChI is InChI=1S/C35H36O5/c1-24-13-15-28(16-14-24)33(36)29-17-18-30-23-39-35(31(30)19-29)20-32(37-21-26-9-5-3-6-10-26)34(25(2)40-35)38-22-27-11-7-4-8-12-27/h3-19,25,32-34,36H,20-23H2,1-2H3/t25?,32?,33?,34-,35-/m1/s1. The van der Waals surface area contributed by atoms with Gasteiger partial charge in [0, 0.05) is 12.0 Å². The molecule has 0 bridgehead atoms. The van der Waals surface area contributed by atoms with Gasteiger partial charge in [-0.05, 0) is 47.7 Å². The summed E-state index contributed by atoms with van der Waals surface area (Å²) in [5.74, 6) is -0.967. The van der Waals surface area contributed by atoms with Crippen molar-refractivity contribution in [3.63, 3.8) is 0 Å². The topological polar surface area (TPSA) is 57.2 Å². The molecular weight excluding hydrogens is 500 g/mol. The van der Waals surface area contributed by atoms with E-state index in [2.05, 4.69) is 24.3 Å². The summed E-state index contributed by atoms with van der Waals surface area (Å²) in [6.45, 7) is 5.47. The van der Waals surface area contributed by atoms with Crippen LogP contribution in [0.3, 0.4) is 0 Å². The zero-order valence-corrected chi connectivity index (χ0v) is 23.0. The van der Waals surface area contributed by atoms with E-state index in [1.165, 1.54) is 0 Å². The van der Waals surface area contributed by atoms with Gasteiger partial charge in [-0.15, -0.1) is 0 Å². The second kappa shape index (κ2) is 11.7. The van der Waals surface area contributed by atoms with Crippen LogP contribution >= 0.6 is 0 Å². The number of hydrogen-bond acceptors (Lipinski definition) is 5. The van der Waals surface area contributed by atoms with Gasteiger partial charge in [0.25, 0.3) is 0 Å². The Kier molecular flexibility index (Phi) is 7.83. The fourth-order valence-electron chi connectivity index (χ4n) is 5.76. The molecule has 2 aliphatic heterocycles. The molecule has 0 aliphatic carbocycles. The van der Waals surface area contributed by atoms with E-state index in [-0.39, 0.29) is 18.3 Å². The number of ether oxygens (including phenoxy) is 4. The maximum Gasteiger partial charge on any atom is 0.198 e. The van der Waals surface area contributed by atoms with Gasteiger partial charge in [0.05, 0.1) is 32.0 Å². The van der Waals surface area contributed by atoms with Crippen LogP contribution in [-0.2, 0) is 44.6 Å². The molecule has 0 saturated carbocycles. The molecule has 2 heterocycles. The Hall–Kier alpha value is -3.32. The highest BCUT2D eigenvalue weighted by Crippen LogP contribution is 2.47. The summed E-state index contributed by atoms with van der Waals surface area (Å²) in [5.41, 5.74) is 7.06. The smallest absolute Gasteiger partial charge is 0.198 e. The molecule has 0 amide bonds. The highest BCUT2D eigenvalue weighted by molar-refractivity contribution is 5.41. The van der Waals surface area contributed by atoms with Crippen LogP contribution in [0.1, 0.15) is 58.4 Å². The number of aliphatic hydroxyl groups is 1. The number of hydrogen-bond donors (Lipinski definition) is 1. The lowest BCUT2D eigenvalue weighted by Gasteiger charge is -2.45. The van der Waals surface area contributed by atoms with Gasteiger partial charge in [0.1, 0.15) is 12.2 Å². The molecule has 3 unspecified atom stereocenters. The predicted molar refractivity (Wildman–Crippen MR) is 153 cm³/mol. The van der Waals surface area contributed by atoms with Crippen LogP contribution in [-0.4, -0.2) is 23.4 Å². The molecule has 1 N–H and O–H groups in total. The SMILES string of the molecule is Cc1ccc(C(O)c2ccc3c(c2)[C@]2(CC(OCc4ccccc4)[C@H](OCc4ccccc4)C(C)O2)OC3)cc1. The average molecular weight is 537 g/mol. The summed E-state index contributed by atoms with van der Waals surface area (Å²) in [4.78, 5) is 0. The third kappa shape index (κ3) is 5.62. The lowest BCUT2D eigenvalue weighted by atomic mass is 9.88. The number of aliphatic hydroxyl groups excluding tert-OH is 1. The number of benzene rings is 4. The second-order valence-electron chi connectivity index (χ2n) is 10.9. The molecular formula is C35H36O5. The molecule has 5 nitrogen and oxygen atoms in total. The number of rotatable bonds is 8. The minimum Gasteiger partial charge on any atom is -0.384 e. The van der Waals surface area contributed by atoms with Gasteiger partial charge in [-0.2, -0.15) is 0 Å². The van der Waals surface area contributed by atoms with Gasteiger partial charge < -0.3 is 24.1 Å². The lowest BCUT2D eigenvalue weighted by molar-refractivity contribution is -0.330. The van der Waals surface area contributed by atoms with Crippen molar-refractivity contribution in [2.75, 3.05) is 0 Å². The van der Waals surface area contributed by atoms with Crippen molar-refractivity contribution in [3.05, 3.63) is 142 Å². The summed E-state index contributed by atoms with van der Waals surface area (Å²) in [5, 5.41) is 11.2. The minimum absolute atomic E-state index is 0.260. The van der Waals surface area contributed by atoms with Crippen LogP contribution in [0, 0.1) is 6.92 Å². The molecule has 5 atom stereocenters. The van der Waals surface area contributed by atoms with E-state index in [0.717, 1.165) is 38.9 Å². The van der Waals surface area contributed by atoms with Crippen LogP contribution in [0.25, 0.3) is 0 Å². The largest absolute Gasteiger partial charge is 0.384 e. The summed E-state index contributed by atoms with van der Waals surface area (Å²) in [7, 11) is 0. The Morgan fingerprint density at radius 1 is 0.825 bits per heavy atom. The zero-order chi connectivity index (χ0) is 27.5. The summed E-state index contributed by atoms with van der Waals surface area (Å²) >= 11 is 0. The molecule has 0 radical (unpaired) electrons. The van der Waals surface area contributed by atoms with Crippen molar-refractivity contribution in [2.24, 2.45) is 0 Å². The number of aryl methyl sites for hydroxylation is 1. The second-order valence-corrected chi connectivity index (χ2v) is 10.9. The van der Waals surface area contributed by atoms with Crippen molar-refractivity contribution in [1.29, 1.82) is 0 Å². The minimum atomic E-state index is -0.967. The molecule has 6 rings (SSSR count). The molecule has 5 heteroatoms. The molecule has 2 aliphatic rings. The van der Waals surface area contributed by atoms with E-state index >= 15 is 0 Å². The van der Waals surface area contributed by atoms with E-state index in [1.54, 1.807) is 0 Å². The van der Waals surface area contributed by atoms with Gasteiger partial charge in [-0.25, -0.2) is 0 Å². The van der Waals surface area contributed by atoms with Crippen molar-refractivity contribution < 1.29 is 24.1 Å². The first kappa shape index (κ1) is 26.9. The fraction of sp³-hybridized carbons (Fsp3) is 0.314. The molecule has 1 fully saturated rings. The molecule has 1 saturated heterocycles. The summed E-state index contributed by atoms with van der Waals surface area (Å²) in [6.07, 6.45) is -1.07. The van der Waals surface area contributed by atoms with E-state index in [4.69, 9.17) is 18.9 Å². The Morgan fingerprint density at radius 2 is 1.45 bits per heavy atom.